The second-order valence-electron chi connectivity index (χ2n) is 5.25. The molecule has 1 N–H and O–H groups in total. The first-order valence-electron chi connectivity index (χ1n) is 6.64. The first-order valence-corrected chi connectivity index (χ1v) is 6.64. The zero-order valence-electron chi connectivity index (χ0n) is 11.4. The SMILES string of the molecule is CN(C)C(=O)CNc1ccc2c3c(cccc13)CC2. The molecule has 0 unspecified atom stereocenters. The van der Waals surface area contributed by atoms with Crippen molar-refractivity contribution in [1.29, 1.82) is 0 Å². The van der Waals surface area contributed by atoms with Gasteiger partial charge in [-0.3, -0.25) is 4.79 Å². The quantitative estimate of drug-likeness (QED) is 0.912. The number of amides is 1. The molecule has 0 saturated heterocycles. The third-order valence-corrected chi connectivity index (χ3v) is 3.81. The Morgan fingerprint density at radius 3 is 2.63 bits per heavy atom. The monoisotopic (exact) mass is 254 g/mol. The standard InChI is InChI=1S/C16H18N2O/c1-18(2)15(19)10-17-14-9-8-12-7-6-11-4-3-5-13(14)16(11)12/h3-5,8-9,17H,6-7,10H2,1-2H3. The molecule has 3 nitrogen and oxygen atoms in total. The van der Waals surface area contributed by atoms with Crippen LogP contribution in [0, 0.1) is 0 Å². The van der Waals surface area contributed by atoms with Crippen molar-refractivity contribution in [3.05, 3.63) is 41.5 Å². The number of hydrogen-bond acceptors (Lipinski definition) is 2. The van der Waals surface area contributed by atoms with Crippen LogP contribution in [0.15, 0.2) is 30.3 Å². The van der Waals surface area contributed by atoms with Gasteiger partial charge in [0.15, 0.2) is 0 Å². The van der Waals surface area contributed by atoms with E-state index in [-0.39, 0.29) is 5.91 Å². The topological polar surface area (TPSA) is 32.3 Å². The molecule has 0 fully saturated rings. The molecule has 0 aliphatic heterocycles. The van der Waals surface area contributed by atoms with Crippen molar-refractivity contribution in [1.82, 2.24) is 4.90 Å². The summed E-state index contributed by atoms with van der Waals surface area (Å²) in [5.74, 6) is 0.0863. The molecule has 98 valence electrons. The smallest absolute Gasteiger partial charge is 0.241 e. The lowest BCUT2D eigenvalue weighted by Gasteiger charge is -2.14. The number of nitrogens with one attached hydrogen (secondary N) is 1. The molecule has 0 saturated carbocycles. The molecule has 2 aromatic rings. The first-order chi connectivity index (χ1) is 9.16. The summed E-state index contributed by atoms with van der Waals surface area (Å²) in [5, 5.41) is 5.87. The van der Waals surface area contributed by atoms with Gasteiger partial charge in [0.05, 0.1) is 6.54 Å². The Bertz CT molecular complexity index is 636. The molecular weight excluding hydrogens is 236 g/mol. The van der Waals surface area contributed by atoms with Gasteiger partial charge in [-0.2, -0.15) is 0 Å². The average molecular weight is 254 g/mol. The van der Waals surface area contributed by atoms with Gasteiger partial charge in [0.1, 0.15) is 0 Å². The van der Waals surface area contributed by atoms with Gasteiger partial charge in [-0.25, -0.2) is 0 Å². The van der Waals surface area contributed by atoms with E-state index < -0.39 is 0 Å². The van der Waals surface area contributed by atoms with E-state index in [1.54, 1.807) is 19.0 Å². The molecule has 0 atom stereocenters. The van der Waals surface area contributed by atoms with Crippen LogP contribution in [0.25, 0.3) is 10.8 Å². The lowest BCUT2D eigenvalue weighted by atomic mass is 10.0. The van der Waals surface area contributed by atoms with Crippen molar-refractivity contribution in [2.24, 2.45) is 0 Å². The molecule has 0 radical (unpaired) electrons. The minimum atomic E-state index is 0.0863. The molecule has 3 heteroatoms. The molecule has 3 rings (SSSR count). The highest BCUT2D eigenvalue weighted by Crippen LogP contribution is 2.34. The number of likely N-dealkylation sites (N-methyl/N-ethyl adjacent to an activating group) is 1. The van der Waals surface area contributed by atoms with Crippen molar-refractivity contribution in [2.75, 3.05) is 26.0 Å². The van der Waals surface area contributed by atoms with Gasteiger partial charge in [-0.05, 0) is 35.4 Å². The Morgan fingerprint density at radius 1 is 1.16 bits per heavy atom. The molecule has 0 heterocycles. The van der Waals surface area contributed by atoms with Crippen LogP contribution in [0.3, 0.4) is 0 Å². The van der Waals surface area contributed by atoms with Crippen LogP contribution < -0.4 is 5.32 Å². The van der Waals surface area contributed by atoms with Crippen LogP contribution in [-0.2, 0) is 17.6 Å². The Hall–Kier alpha value is -2.03. The van der Waals surface area contributed by atoms with Crippen molar-refractivity contribution < 1.29 is 4.79 Å². The minimum absolute atomic E-state index is 0.0863. The maximum absolute atomic E-state index is 11.7. The number of carbonyl (C=O) groups excluding carboxylic acids is 1. The van der Waals surface area contributed by atoms with Crippen molar-refractivity contribution in [3.8, 4) is 0 Å². The van der Waals surface area contributed by atoms with E-state index in [0.29, 0.717) is 6.54 Å². The molecule has 19 heavy (non-hydrogen) atoms. The number of rotatable bonds is 3. The molecule has 1 aliphatic rings. The Balaban J connectivity index is 1.95. The number of carbonyl (C=O) groups is 1. The van der Waals surface area contributed by atoms with Crippen LogP contribution >= 0.6 is 0 Å². The van der Waals surface area contributed by atoms with E-state index in [4.69, 9.17) is 0 Å². The van der Waals surface area contributed by atoms with Gasteiger partial charge in [0.2, 0.25) is 5.91 Å². The van der Waals surface area contributed by atoms with Gasteiger partial charge >= 0.3 is 0 Å². The molecule has 0 spiro atoms. The van der Waals surface area contributed by atoms with E-state index in [1.165, 1.54) is 21.9 Å². The van der Waals surface area contributed by atoms with Crippen LogP contribution in [0.5, 0.6) is 0 Å². The van der Waals surface area contributed by atoms with Gasteiger partial charge in [-0.1, -0.05) is 24.3 Å². The summed E-state index contributed by atoms with van der Waals surface area (Å²) in [4.78, 5) is 13.3. The summed E-state index contributed by atoms with van der Waals surface area (Å²) >= 11 is 0. The third-order valence-electron chi connectivity index (χ3n) is 3.81. The second kappa shape index (κ2) is 4.57. The second-order valence-corrected chi connectivity index (χ2v) is 5.25. The third kappa shape index (κ3) is 2.05. The Kier molecular flexibility index (Phi) is 2.90. The van der Waals surface area contributed by atoms with Crippen LogP contribution in [-0.4, -0.2) is 31.4 Å². The lowest BCUT2D eigenvalue weighted by Crippen LogP contribution is -2.28. The van der Waals surface area contributed by atoms with Gasteiger partial charge in [0.25, 0.3) is 0 Å². The van der Waals surface area contributed by atoms with E-state index in [0.717, 1.165) is 18.5 Å². The van der Waals surface area contributed by atoms with Gasteiger partial charge in [-0.15, -0.1) is 0 Å². The number of aryl methyl sites for hydroxylation is 2. The first kappa shape index (κ1) is 12.0. The zero-order valence-corrected chi connectivity index (χ0v) is 11.4. The van der Waals surface area contributed by atoms with Crippen molar-refractivity contribution in [2.45, 2.75) is 12.8 Å². The Labute approximate surface area is 113 Å². The van der Waals surface area contributed by atoms with Gasteiger partial charge in [0, 0.05) is 25.2 Å². The molecule has 1 amide bonds. The normalized spacial score (nSPS) is 12.7. The predicted octanol–water partition coefficient (Wildman–Crippen LogP) is 2.44. The van der Waals surface area contributed by atoms with E-state index >= 15 is 0 Å². The fourth-order valence-electron chi connectivity index (χ4n) is 2.73. The average Bonchev–Trinajstić information content (AvgIpc) is 2.83. The summed E-state index contributed by atoms with van der Waals surface area (Å²) < 4.78 is 0. The maximum Gasteiger partial charge on any atom is 0.241 e. The minimum Gasteiger partial charge on any atom is -0.376 e. The summed E-state index contributed by atoms with van der Waals surface area (Å²) in [6.45, 7) is 0.339. The number of nitrogens with zero attached hydrogens (tertiary/aromatic N) is 1. The summed E-state index contributed by atoms with van der Waals surface area (Å²) in [7, 11) is 3.55. The largest absolute Gasteiger partial charge is 0.376 e. The fourth-order valence-corrected chi connectivity index (χ4v) is 2.73. The van der Waals surface area contributed by atoms with Gasteiger partial charge < -0.3 is 10.2 Å². The highest BCUT2D eigenvalue weighted by atomic mass is 16.2. The number of anilines is 1. The van der Waals surface area contributed by atoms with Crippen molar-refractivity contribution >= 4 is 22.4 Å². The highest BCUT2D eigenvalue weighted by Gasteiger charge is 2.15. The van der Waals surface area contributed by atoms with E-state index in [2.05, 4.69) is 35.6 Å². The molecular formula is C16H18N2O. The number of benzene rings is 2. The fraction of sp³-hybridized carbons (Fsp3) is 0.312. The lowest BCUT2D eigenvalue weighted by molar-refractivity contribution is -0.126. The van der Waals surface area contributed by atoms with Crippen LogP contribution in [0.1, 0.15) is 11.1 Å². The zero-order chi connectivity index (χ0) is 13.4. The summed E-state index contributed by atoms with van der Waals surface area (Å²) in [6.07, 6.45) is 2.26. The molecule has 2 aromatic carbocycles. The summed E-state index contributed by atoms with van der Waals surface area (Å²) in [6, 6.07) is 10.7. The molecule has 1 aliphatic carbocycles. The maximum atomic E-state index is 11.7. The predicted molar refractivity (Wildman–Crippen MR) is 78.5 cm³/mol. The highest BCUT2D eigenvalue weighted by molar-refractivity contribution is 6.00. The number of hydrogen-bond donors (Lipinski definition) is 1. The van der Waals surface area contributed by atoms with Crippen LogP contribution in [0.2, 0.25) is 0 Å². The van der Waals surface area contributed by atoms with Crippen LogP contribution in [0.4, 0.5) is 5.69 Å². The van der Waals surface area contributed by atoms with E-state index in [1.807, 2.05) is 0 Å². The molecule has 0 bridgehead atoms. The molecule has 0 aromatic heterocycles. The van der Waals surface area contributed by atoms with Crippen molar-refractivity contribution in [3.63, 3.8) is 0 Å². The summed E-state index contributed by atoms with van der Waals surface area (Å²) in [5.41, 5.74) is 3.91. The Morgan fingerprint density at radius 2 is 1.89 bits per heavy atom. The van der Waals surface area contributed by atoms with E-state index in [9.17, 15) is 4.79 Å².